The number of nitrogens with one attached hydrogen (secondary N) is 2. The Morgan fingerprint density at radius 2 is 1.84 bits per heavy atom. The average Bonchev–Trinajstić information content (AvgIpc) is 2.87. The van der Waals surface area contributed by atoms with E-state index in [9.17, 15) is 14.4 Å². The largest absolute Gasteiger partial charge is 0.493 e. The van der Waals surface area contributed by atoms with E-state index in [0.717, 1.165) is 19.3 Å². The molecule has 2 rings (SSSR count). The number of benzene rings is 1. The Balaban J connectivity index is 1.82. The van der Waals surface area contributed by atoms with Crippen LogP contribution in [-0.2, 0) is 14.3 Å². The molecule has 0 bridgehead atoms. The van der Waals surface area contributed by atoms with Gasteiger partial charge in [0, 0.05) is 18.7 Å². The smallest absolute Gasteiger partial charge is 0.308 e. The molecule has 206 valence electrons. The topological polar surface area (TPSA) is 97.0 Å². The molecule has 8 nitrogen and oxygen atoms in total. The summed E-state index contributed by atoms with van der Waals surface area (Å²) in [5.74, 6) is -0.196. The van der Waals surface area contributed by atoms with Crippen molar-refractivity contribution in [2.24, 2.45) is 5.92 Å². The molecule has 2 amide bonds. The summed E-state index contributed by atoms with van der Waals surface area (Å²) >= 11 is 5.46. The average molecular weight is 534 g/mol. The first-order valence-electron chi connectivity index (χ1n) is 13.6. The summed E-state index contributed by atoms with van der Waals surface area (Å²) in [6, 6.07) is 6.04. The Morgan fingerprint density at radius 1 is 1.14 bits per heavy atom. The fourth-order valence-electron chi connectivity index (χ4n) is 4.03. The third-order valence-corrected chi connectivity index (χ3v) is 6.45. The van der Waals surface area contributed by atoms with E-state index in [1.54, 1.807) is 29.2 Å². The second-order valence-electron chi connectivity index (χ2n) is 9.89. The van der Waals surface area contributed by atoms with Gasteiger partial charge in [0.1, 0.15) is 11.8 Å². The summed E-state index contributed by atoms with van der Waals surface area (Å²) in [5, 5.41) is 5.57. The molecule has 1 unspecified atom stereocenters. The SMILES string of the molecule is CCCCCCCCCCOC(=O)CC1C(=O)NCCN1C(=S)NC(=O)c1cccc(OCC(C)C)c1. The maximum atomic E-state index is 12.8. The predicted octanol–water partition coefficient (Wildman–Crippen LogP) is 4.61. The van der Waals surface area contributed by atoms with Gasteiger partial charge in [0.2, 0.25) is 5.91 Å². The van der Waals surface area contributed by atoms with E-state index in [1.807, 2.05) is 13.8 Å². The molecule has 0 saturated carbocycles. The van der Waals surface area contributed by atoms with Gasteiger partial charge in [-0.25, -0.2) is 0 Å². The van der Waals surface area contributed by atoms with Crippen LogP contribution in [0.4, 0.5) is 0 Å². The van der Waals surface area contributed by atoms with Gasteiger partial charge in [0.25, 0.3) is 5.91 Å². The van der Waals surface area contributed by atoms with Crippen molar-refractivity contribution in [3.63, 3.8) is 0 Å². The number of hydrogen-bond acceptors (Lipinski definition) is 6. The predicted molar refractivity (Wildman–Crippen MR) is 149 cm³/mol. The van der Waals surface area contributed by atoms with Crippen LogP contribution < -0.4 is 15.4 Å². The van der Waals surface area contributed by atoms with Crippen LogP contribution in [0.25, 0.3) is 0 Å². The lowest BCUT2D eigenvalue weighted by atomic mass is 10.1. The first-order valence-corrected chi connectivity index (χ1v) is 14.0. The van der Waals surface area contributed by atoms with Gasteiger partial charge in [0.05, 0.1) is 19.6 Å². The first-order chi connectivity index (χ1) is 17.8. The van der Waals surface area contributed by atoms with Gasteiger partial charge in [-0.15, -0.1) is 0 Å². The lowest BCUT2D eigenvalue weighted by Crippen LogP contribution is -2.60. The number of hydrogen-bond donors (Lipinski definition) is 2. The number of carbonyl (C=O) groups excluding carboxylic acids is 3. The molecule has 1 aromatic rings. The van der Waals surface area contributed by atoms with Gasteiger partial charge in [-0.3, -0.25) is 19.7 Å². The number of thiocarbonyl (C=S) groups is 1. The molecule has 0 radical (unpaired) electrons. The molecule has 1 saturated heterocycles. The van der Waals surface area contributed by atoms with Crippen LogP contribution in [0.3, 0.4) is 0 Å². The highest BCUT2D eigenvalue weighted by molar-refractivity contribution is 7.80. The van der Waals surface area contributed by atoms with Crippen LogP contribution in [-0.4, -0.2) is 60.1 Å². The second kappa shape index (κ2) is 16.9. The Labute approximate surface area is 226 Å². The summed E-state index contributed by atoms with van der Waals surface area (Å²) in [6.45, 7) is 7.95. The fraction of sp³-hybridized carbons (Fsp3) is 0.643. The van der Waals surface area contributed by atoms with Crippen molar-refractivity contribution in [1.82, 2.24) is 15.5 Å². The van der Waals surface area contributed by atoms with Gasteiger partial charge in [-0.1, -0.05) is 71.8 Å². The molecule has 1 aliphatic rings. The lowest BCUT2D eigenvalue weighted by molar-refractivity contribution is -0.147. The van der Waals surface area contributed by atoms with Crippen molar-refractivity contribution in [2.75, 3.05) is 26.3 Å². The van der Waals surface area contributed by atoms with Crippen molar-refractivity contribution in [1.29, 1.82) is 0 Å². The number of nitrogens with zero attached hydrogens (tertiary/aromatic N) is 1. The van der Waals surface area contributed by atoms with Gasteiger partial charge >= 0.3 is 5.97 Å². The molecule has 1 atom stereocenters. The molecule has 1 aromatic carbocycles. The highest BCUT2D eigenvalue weighted by Gasteiger charge is 2.34. The minimum atomic E-state index is -0.826. The summed E-state index contributed by atoms with van der Waals surface area (Å²) in [4.78, 5) is 39.4. The zero-order chi connectivity index (χ0) is 27.0. The van der Waals surface area contributed by atoms with Gasteiger partial charge in [-0.2, -0.15) is 0 Å². The van der Waals surface area contributed by atoms with Crippen molar-refractivity contribution in [3.05, 3.63) is 29.8 Å². The molecule has 2 N–H and O–H groups in total. The van der Waals surface area contributed by atoms with Gasteiger partial charge < -0.3 is 19.7 Å². The Hall–Kier alpha value is -2.68. The molecule has 1 heterocycles. The van der Waals surface area contributed by atoms with E-state index in [2.05, 4.69) is 17.6 Å². The maximum absolute atomic E-state index is 12.8. The zero-order valence-corrected chi connectivity index (χ0v) is 23.4. The summed E-state index contributed by atoms with van der Waals surface area (Å²) in [6.07, 6.45) is 9.13. The van der Waals surface area contributed by atoms with E-state index < -0.39 is 17.9 Å². The molecular formula is C28H43N3O5S. The number of ether oxygens (including phenoxy) is 2. The molecule has 0 spiro atoms. The van der Waals surface area contributed by atoms with Gasteiger partial charge in [-0.05, 0) is 42.8 Å². The van der Waals surface area contributed by atoms with E-state index in [1.165, 1.54) is 32.1 Å². The minimum absolute atomic E-state index is 0.106. The van der Waals surface area contributed by atoms with Crippen LogP contribution in [0.5, 0.6) is 5.75 Å². The number of piperazine rings is 1. The van der Waals surface area contributed by atoms with Crippen LogP contribution in [0.15, 0.2) is 24.3 Å². The third kappa shape index (κ3) is 11.5. The number of amides is 2. The minimum Gasteiger partial charge on any atom is -0.493 e. The fourth-order valence-corrected chi connectivity index (χ4v) is 4.34. The second-order valence-corrected chi connectivity index (χ2v) is 10.3. The molecule has 37 heavy (non-hydrogen) atoms. The molecule has 9 heteroatoms. The van der Waals surface area contributed by atoms with Gasteiger partial charge in [0.15, 0.2) is 5.11 Å². The van der Waals surface area contributed by atoms with E-state index in [4.69, 9.17) is 21.7 Å². The lowest BCUT2D eigenvalue weighted by Gasteiger charge is -2.36. The summed E-state index contributed by atoms with van der Waals surface area (Å²) in [5.41, 5.74) is 0.395. The molecule has 1 fully saturated rings. The quantitative estimate of drug-likeness (QED) is 0.193. The zero-order valence-electron chi connectivity index (χ0n) is 22.6. The van der Waals surface area contributed by atoms with Crippen LogP contribution in [0.2, 0.25) is 0 Å². The number of carbonyl (C=O) groups is 3. The van der Waals surface area contributed by atoms with Crippen LogP contribution in [0.1, 0.15) is 88.9 Å². The van der Waals surface area contributed by atoms with E-state index >= 15 is 0 Å². The first kappa shape index (κ1) is 30.5. The number of rotatable bonds is 15. The molecular weight excluding hydrogens is 490 g/mol. The monoisotopic (exact) mass is 533 g/mol. The van der Waals surface area contributed by atoms with Crippen molar-refractivity contribution >= 4 is 35.1 Å². The Kier molecular flexibility index (Phi) is 14.0. The third-order valence-electron chi connectivity index (χ3n) is 6.11. The Morgan fingerprint density at radius 3 is 2.54 bits per heavy atom. The summed E-state index contributed by atoms with van der Waals surface area (Å²) in [7, 11) is 0. The molecule has 1 aliphatic heterocycles. The van der Waals surface area contributed by atoms with E-state index in [0.29, 0.717) is 43.5 Å². The highest BCUT2D eigenvalue weighted by Crippen LogP contribution is 2.16. The maximum Gasteiger partial charge on any atom is 0.308 e. The number of esters is 1. The van der Waals surface area contributed by atoms with E-state index in [-0.39, 0.29) is 17.4 Å². The van der Waals surface area contributed by atoms with Crippen molar-refractivity contribution in [3.8, 4) is 5.75 Å². The van der Waals surface area contributed by atoms with Crippen LogP contribution in [0, 0.1) is 5.92 Å². The van der Waals surface area contributed by atoms with Crippen molar-refractivity contribution in [2.45, 2.75) is 84.6 Å². The summed E-state index contributed by atoms with van der Waals surface area (Å²) < 4.78 is 11.1. The molecule has 0 aromatic heterocycles. The standard InChI is InChI=1S/C28H43N3O5S/c1-4-5-6-7-8-9-10-11-17-35-25(32)19-24-27(34)29-15-16-31(24)28(37)30-26(33)22-13-12-14-23(18-22)36-20-21(2)3/h12-14,18,21,24H,4-11,15-17,19-20H2,1-3H3,(H,29,34)(H,30,33,37). The van der Waals surface area contributed by atoms with Crippen LogP contribution >= 0.6 is 12.2 Å². The number of unbranched alkanes of at least 4 members (excludes halogenated alkanes) is 7. The molecule has 0 aliphatic carbocycles. The van der Waals surface area contributed by atoms with Crippen molar-refractivity contribution < 1.29 is 23.9 Å². The highest BCUT2D eigenvalue weighted by atomic mass is 32.1. The Bertz CT molecular complexity index is 892. The normalized spacial score (nSPS) is 15.3.